The van der Waals surface area contributed by atoms with Crippen molar-refractivity contribution in [3.05, 3.63) is 51.9 Å². The zero-order valence-corrected chi connectivity index (χ0v) is 20.4. The Morgan fingerprint density at radius 2 is 1.64 bits per heavy atom. The number of benzene rings is 2. The van der Waals surface area contributed by atoms with Crippen LogP contribution in [0.2, 0.25) is 0 Å². The number of aromatic hydroxyl groups is 1. The lowest BCUT2D eigenvalue weighted by Crippen LogP contribution is -2.26. The summed E-state index contributed by atoms with van der Waals surface area (Å²) in [4.78, 5) is 15.9. The van der Waals surface area contributed by atoms with Crippen LogP contribution >= 0.6 is 0 Å². The Morgan fingerprint density at radius 1 is 0.970 bits per heavy atom. The highest BCUT2D eigenvalue weighted by atomic mass is 16.5. The topological polar surface area (TPSA) is 72.1 Å². The maximum atomic E-state index is 13.6. The zero-order chi connectivity index (χ0) is 24.0. The third-order valence-electron chi connectivity index (χ3n) is 6.02. The first-order valence-electron chi connectivity index (χ1n) is 11.7. The summed E-state index contributed by atoms with van der Waals surface area (Å²) in [6, 6.07) is 8.62. The van der Waals surface area contributed by atoms with Gasteiger partial charge in [0.05, 0.1) is 30.7 Å². The number of aryl methyl sites for hydroxylation is 1. The Morgan fingerprint density at radius 3 is 2.24 bits per heavy atom. The van der Waals surface area contributed by atoms with Gasteiger partial charge in [-0.05, 0) is 62.7 Å². The van der Waals surface area contributed by atoms with Gasteiger partial charge in [-0.1, -0.05) is 32.8 Å². The monoisotopic (exact) mass is 453 g/mol. The Kier molecular flexibility index (Phi) is 8.39. The van der Waals surface area contributed by atoms with E-state index in [0.29, 0.717) is 51.5 Å². The molecule has 0 spiro atoms. The zero-order valence-electron chi connectivity index (χ0n) is 20.4. The molecule has 33 heavy (non-hydrogen) atoms. The molecule has 3 aromatic rings. The van der Waals surface area contributed by atoms with Crippen molar-refractivity contribution in [3.8, 4) is 28.4 Å². The van der Waals surface area contributed by atoms with E-state index in [4.69, 9.17) is 13.9 Å². The van der Waals surface area contributed by atoms with Crippen LogP contribution in [-0.2, 0) is 6.54 Å². The number of fused-ring (bicyclic) bond motifs is 1. The lowest BCUT2D eigenvalue weighted by atomic mass is 10.00. The molecule has 6 nitrogen and oxygen atoms in total. The summed E-state index contributed by atoms with van der Waals surface area (Å²) in [7, 11) is 3.14. The highest BCUT2D eigenvalue weighted by Crippen LogP contribution is 2.35. The lowest BCUT2D eigenvalue weighted by molar-refractivity contribution is 0.253. The van der Waals surface area contributed by atoms with E-state index in [-0.39, 0.29) is 11.2 Å². The Labute approximate surface area is 195 Å². The number of nitrogens with zero attached hydrogens (tertiary/aromatic N) is 1. The van der Waals surface area contributed by atoms with Crippen molar-refractivity contribution < 1.29 is 19.0 Å². The predicted molar refractivity (Wildman–Crippen MR) is 133 cm³/mol. The number of phenolic OH excluding ortho intramolecular Hbond substituents is 1. The van der Waals surface area contributed by atoms with E-state index >= 15 is 0 Å². The highest BCUT2D eigenvalue weighted by molar-refractivity contribution is 5.86. The third-order valence-corrected chi connectivity index (χ3v) is 6.02. The van der Waals surface area contributed by atoms with Gasteiger partial charge in [-0.25, -0.2) is 0 Å². The van der Waals surface area contributed by atoms with E-state index < -0.39 is 0 Å². The number of hydrogen-bond donors (Lipinski definition) is 1. The SMILES string of the molecule is CCCCN(CCCC)Cc1c(O)ccc2c(=O)c(-c3ccc(OC)c(OC)c3)c(C)oc12. The summed E-state index contributed by atoms with van der Waals surface area (Å²) < 4.78 is 17.0. The van der Waals surface area contributed by atoms with Gasteiger partial charge in [-0.2, -0.15) is 0 Å². The molecular weight excluding hydrogens is 418 g/mol. The van der Waals surface area contributed by atoms with Gasteiger partial charge in [0.2, 0.25) is 5.43 Å². The molecule has 0 aliphatic carbocycles. The van der Waals surface area contributed by atoms with Crippen LogP contribution in [0.15, 0.2) is 39.5 Å². The van der Waals surface area contributed by atoms with Gasteiger partial charge in [0.1, 0.15) is 17.1 Å². The Hall–Kier alpha value is -2.99. The van der Waals surface area contributed by atoms with Crippen LogP contribution in [0.1, 0.15) is 50.9 Å². The standard InChI is InChI=1S/C27H35NO5/c1-6-8-14-28(15-9-7-2)17-21-22(29)12-11-20-26(30)25(18(3)33-27(20)21)19-10-13-23(31-4)24(16-19)32-5/h10-13,16,29H,6-9,14-15,17H2,1-5H3. The van der Waals surface area contributed by atoms with E-state index in [2.05, 4.69) is 18.7 Å². The Balaban J connectivity index is 2.11. The van der Waals surface area contributed by atoms with Crippen LogP contribution < -0.4 is 14.9 Å². The first kappa shape index (κ1) is 24.6. The van der Waals surface area contributed by atoms with E-state index in [0.717, 1.165) is 38.8 Å². The fourth-order valence-electron chi connectivity index (χ4n) is 4.15. The second kappa shape index (κ2) is 11.2. The molecular formula is C27H35NO5. The van der Waals surface area contributed by atoms with Crippen LogP contribution in [0.25, 0.3) is 22.1 Å². The van der Waals surface area contributed by atoms with Crippen molar-refractivity contribution in [3.63, 3.8) is 0 Å². The van der Waals surface area contributed by atoms with Crippen molar-refractivity contribution in [1.29, 1.82) is 0 Å². The van der Waals surface area contributed by atoms with Gasteiger partial charge in [0.15, 0.2) is 11.5 Å². The summed E-state index contributed by atoms with van der Waals surface area (Å²) in [6.45, 7) is 8.56. The molecule has 1 N–H and O–H groups in total. The molecule has 3 rings (SSSR count). The van der Waals surface area contributed by atoms with Crippen LogP contribution in [0.3, 0.4) is 0 Å². The summed E-state index contributed by atoms with van der Waals surface area (Å²) in [5.41, 5.74) is 2.17. The molecule has 0 atom stereocenters. The van der Waals surface area contributed by atoms with Crippen LogP contribution in [-0.4, -0.2) is 37.3 Å². The molecule has 1 heterocycles. The van der Waals surface area contributed by atoms with E-state index in [9.17, 15) is 9.90 Å². The summed E-state index contributed by atoms with van der Waals surface area (Å²) >= 11 is 0. The molecule has 1 aromatic heterocycles. The fourth-order valence-corrected chi connectivity index (χ4v) is 4.15. The first-order chi connectivity index (χ1) is 15.9. The molecule has 6 heteroatoms. The largest absolute Gasteiger partial charge is 0.507 e. The second-order valence-electron chi connectivity index (χ2n) is 8.36. The normalized spacial score (nSPS) is 11.3. The van der Waals surface area contributed by atoms with Crippen molar-refractivity contribution in [2.24, 2.45) is 0 Å². The van der Waals surface area contributed by atoms with Crippen molar-refractivity contribution in [2.75, 3.05) is 27.3 Å². The fraction of sp³-hybridized carbons (Fsp3) is 0.444. The average molecular weight is 454 g/mol. The van der Waals surface area contributed by atoms with Crippen LogP contribution in [0.5, 0.6) is 17.2 Å². The number of rotatable bonds is 11. The molecule has 0 saturated carbocycles. The van der Waals surface area contributed by atoms with Crippen molar-refractivity contribution >= 4 is 11.0 Å². The average Bonchev–Trinajstić information content (AvgIpc) is 2.82. The molecule has 0 bridgehead atoms. The number of phenols is 1. The highest BCUT2D eigenvalue weighted by Gasteiger charge is 2.20. The van der Waals surface area contributed by atoms with Crippen molar-refractivity contribution in [2.45, 2.75) is 53.0 Å². The van der Waals surface area contributed by atoms with Gasteiger partial charge in [-0.15, -0.1) is 0 Å². The molecule has 178 valence electrons. The van der Waals surface area contributed by atoms with Gasteiger partial charge in [-0.3, -0.25) is 9.69 Å². The van der Waals surface area contributed by atoms with Crippen LogP contribution in [0, 0.1) is 6.92 Å². The van der Waals surface area contributed by atoms with Gasteiger partial charge in [0, 0.05) is 6.54 Å². The van der Waals surface area contributed by atoms with E-state index in [1.54, 1.807) is 45.4 Å². The van der Waals surface area contributed by atoms with Crippen LogP contribution in [0.4, 0.5) is 0 Å². The summed E-state index contributed by atoms with van der Waals surface area (Å²) in [6.07, 6.45) is 4.38. The smallest absolute Gasteiger partial charge is 0.200 e. The molecule has 0 unspecified atom stereocenters. The van der Waals surface area contributed by atoms with E-state index in [1.165, 1.54) is 0 Å². The van der Waals surface area contributed by atoms with Gasteiger partial charge >= 0.3 is 0 Å². The quantitative estimate of drug-likeness (QED) is 0.390. The minimum atomic E-state index is -0.129. The lowest BCUT2D eigenvalue weighted by Gasteiger charge is -2.23. The van der Waals surface area contributed by atoms with Crippen molar-refractivity contribution in [1.82, 2.24) is 4.90 Å². The molecule has 0 amide bonds. The number of unbranched alkanes of at least 4 members (excludes halogenated alkanes) is 2. The van der Waals surface area contributed by atoms with Gasteiger partial charge < -0.3 is 19.0 Å². The number of hydrogen-bond acceptors (Lipinski definition) is 6. The maximum absolute atomic E-state index is 13.6. The summed E-state index contributed by atoms with van der Waals surface area (Å²) in [5, 5.41) is 11.1. The minimum absolute atomic E-state index is 0.129. The third kappa shape index (κ3) is 5.33. The molecule has 0 fully saturated rings. The first-order valence-corrected chi connectivity index (χ1v) is 11.7. The molecule has 0 saturated heterocycles. The minimum Gasteiger partial charge on any atom is -0.507 e. The number of methoxy groups -OCH3 is 2. The predicted octanol–water partition coefficient (Wildman–Crippen LogP) is 5.89. The van der Waals surface area contributed by atoms with E-state index in [1.807, 2.05) is 6.07 Å². The summed E-state index contributed by atoms with van der Waals surface area (Å²) in [5.74, 6) is 1.79. The van der Waals surface area contributed by atoms with Gasteiger partial charge in [0.25, 0.3) is 0 Å². The number of ether oxygens (including phenoxy) is 2. The molecule has 0 aliphatic rings. The molecule has 0 radical (unpaired) electrons. The second-order valence-corrected chi connectivity index (χ2v) is 8.36. The molecule has 2 aromatic carbocycles. The maximum Gasteiger partial charge on any atom is 0.200 e. The Bertz CT molecular complexity index is 1140. The molecule has 0 aliphatic heterocycles.